The molecule has 1 aliphatic heterocycles. The molecule has 1 heterocycles. The molecule has 0 aliphatic carbocycles. The molecule has 1 saturated heterocycles. The van der Waals surface area contributed by atoms with Crippen LogP contribution in [0.5, 0.6) is 0 Å². The summed E-state index contributed by atoms with van der Waals surface area (Å²) < 4.78 is 1.19. The predicted octanol–water partition coefficient (Wildman–Crippen LogP) is 2.95. The van der Waals surface area contributed by atoms with Crippen LogP contribution in [0, 0.1) is 6.92 Å². The van der Waals surface area contributed by atoms with Crippen LogP contribution in [0.4, 0.5) is 5.69 Å². The van der Waals surface area contributed by atoms with E-state index in [-0.39, 0.29) is 0 Å². The first kappa shape index (κ1) is 11.9. The topological polar surface area (TPSA) is 15.3 Å². The maximum Gasteiger partial charge on any atom is 0.0386 e. The lowest BCUT2D eigenvalue weighted by Gasteiger charge is -2.29. The van der Waals surface area contributed by atoms with Crippen molar-refractivity contribution in [1.82, 2.24) is 5.32 Å². The Morgan fingerprint density at radius 1 is 1.44 bits per heavy atom. The molecule has 2 rings (SSSR count). The Balaban J connectivity index is 2.23. The first-order valence-electron chi connectivity index (χ1n) is 5.92. The molecule has 0 spiro atoms. The Morgan fingerprint density at radius 3 is 3.00 bits per heavy atom. The van der Waals surface area contributed by atoms with E-state index in [0.29, 0.717) is 6.04 Å². The third kappa shape index (κ3) is 2.58. The normalized spacial score (nSPS) is 21.9. The number of rotatable bonds is 1. The molecule has 0 saturated carbocycles. The first-order chi connectivity index (χ1) is 7.68. The molecule has 1 unspecified atom stereocenters. The minimum absolute atomic E-state index is 0.572. The summed E-state index contributed by atoms with van der Waals surface area (Å²) in [5.74, 6) is 0. The molecule has 0 aromatic heterocycles. The smallest absolute Gasteiger partial charge is 0.0386 e. The molecule has 88 valence electrons. The van der Waals surface area contributed by atoms with E-state index in [9.17, 15) is 0 Å². The number of hydrogen-bond acceptors (Lipinski definition) is 2. The van der Waals surface area contributed by atoms with Crippen LogP contribution in [0.15, 0.2) is 22.7 Å². The second kappa shape index (κ2) is 5.19. The third-order valence-electron chi connectivity index (χ3n) is 3.20. The second-order valence-corrected chi connectivity index (χ2v) is 5.39. The summed E-state index contributed by atoms with van der Waals surface area (Å²) in [6.45, 7) is 7.80. The van der Waals surface area contributed by atoms with Gasteiger partial charge in [0.05, 0.1) is 0 Å². The summed E-state index contributed by atoms with van der Waals surface area (Å²) in [7, 11) is 0. The van der Waals surface area contributed by atoms with Crippen molar-refractivity contribution >= 4 is 21.6 Å². The van der Waals surface area contributed by atoms with Gasteiger partial charge in [0.25, 0.3) is 0 Å². The number of nitrogens with zero attached hydrogens (tertiary/aromatic N) is 1. The maximum atomic E-state index is 3.55. The average molecular weight is 283 g/mol. The summed E-state index contributed by atoms with van der Waals surface area (Å²) in [4.78, 5) is 2.50. The van der Waals surface area contributed by atoms with Crippen LogP contribution in [0.1, 0.15) is 18.9 Å². The number of aryl methyl sites for hydroxylation is 1. The van der Waals surface area contributed by atoms with Gasteiger partial charge < -0.3 is 10.2 Å². The molecule has 1 atom stereocenters. The fourth-order valence-electron chi connectivity index (χ4n) is 2.21. The standard InChI is InChI=1S/C13H19BrN2/c1-10-8-12(4-5-13(10)14)16-7-3-6-15-9-11(16)2/h4-5,8,11,15H,3,6-7,9H2,1-2H3. The molecule has 1 aromatic rings. The molecule has 1 aromatic carbocycles. The highest BCUT2D eigenvalue weighted by atomic mass is 79.9. The lowest BCUT2D eigenvalue weighted by atomic mass is 10.1. The highest BCUT2D eigenvalue weighted by molar-refractivity contribution is 9.10. The Morgan fingerprint density at radius 2 is 2.25 bits per heavy atom. The number of hydrogen-bond donors (Lipinski definition) is 1. The maximum absolute atomic E-state index is 3.55. The van der Waals surface area contributed by atoms with Crippen molar-refractivity contribution in [2.24, 2.45) is 0 Å². The first-order valence-corrected chi connectivity index (χ1v) is 6.71. The Kier molecular flexibility index (Phi) is 3.87. The number of nitrogens with one attached hydrogen (secondary N) is 1. The molecule has 1 aliphatic rings. The van der Waals surface area contributed by atoms with Gasteiger partial charge in [0, 0.05) is 29.3 Å². The largest absolute Gasteiger partial charge is 0.367 e. The van der Waals surface area contributed by atoms with Gasteiger partial charge in [0.1, 0.15) is 0 Å². The summed E-state index contributed by atoms with van der Waals surface area (Å²) in [6, 6.07) is 7.20. The quantitative estimate of drug-likeness (QED) is 0.852. The van der Waals surface area contributed by atoms with E-state index in [4.69, 9.17) is 0 Å². The van der Waals surface area contributed by atoms with Gasteiger partial charge in [-0.3, -0.25) is 0 Å². The van der Waals surface area contributed by atoms with Gasteiger partial charge in [-0.25, -0.2) is 0 Å². The summed E-state index contributed by atoms with van der Waals surface area (Å²) >= 11 is 3.55. The molecule has 16 heavy (non-hydrogen) atoms. The van der Waals surface area contributed by atoms with Crippen LogP contribution in [-0.2, 0) is 0 Å². The van der Waals surface area contributed by atoms with Crippen LogP contribution in [-0.4, -0.2) is 25.7 Å². The van der Waals surface area contributed by atoms with Crippen LogP contribution in [0.3, 0.4) is 0 Å². The van der Waals surface area contributed by atoms with Crippen molar-refractivity contribution in [2.75, 3.05) is 24.5 Å². The molecule has 0 bridgehead atoms. The zero-order chi connectivity index (χ0) is 11.5. The summed E-state index contributed by atoms with van der Waals surface area (Å²) in [5.41, 5.74) is 2.65. The zero-order valence-corrected chi connectivity index (χ0v) is 11.5. The van der Waals surface area contributed by atoms with Gasteiger partial charge in [-0.2, -0.15) is 0 Å². The monoisotopic (exact) mass is 282 g/mol. The number of halogens is 1. The third-order valence-corrected chi connectivity index (χ3v) is 4.09. The predicted molar refractivity (Wildman–Crippen MR) is 73.2 cm³/mol. The molecule has 1 N–H and O–H groups in total. The highest BCUT2D eigenvalue weighted by Gasteiger charge is 2.17. The molecular weight excluding hydrogens is 264 g/mol. The summed E-state index contributed by atoms with van der Waals surface area (Å²) in [6.07, 6.45) is 1.22. The minimum atomic E-state index is 0.572. The average Bonchev–Trinajstić information content (AvgIpc) is 2.47. The van der Waals surface area contributed by atoms with Gasteiger partial charge >= 0.3 is 0 Å². The van der Waals surface area contributed by atoms with Crippen molar-refractivity contribution in [1.29, 1.82) is 0 Å². The van der Waals surface area contributed by atoms with Gasteiger partial charge in [0.2, 0.25) is 0 Å². The zero-order valence-electron chi connectivity index (χ0n) is 9.96. The highest BCUT2D eigenvalue weighted by Crippen LogP contribution is 2.24. The molecular formula is C13H19BrN2. The minimum Gasteiger partial charge on any atom is -0.367 e. The van der Waals surface area contributed by atoms with Crippen LogP contribution in [0.25, 0.3) is 0 Å². The molecule has 0 amide bonds. The van der Waals surface area contributed by atoms with Crippen molar-refractivity contribution in [3.8, 4) is 0 Å². The van der Waals surface area contributed by atoms with E-state index in [0.717, 1.165) is 19.6 Å². The molecule has 1 fully saturated rings. The van der Waals surface area contributed by atoms with Gasteiger partial charge in [0.15, 0.2) is 0 Å². The van der Waals surface area contributed by atoms with Crippen LogP contribution >= 0.6 is 15.9 Å². The lowest BCUT2D eigenvalue weighted by Crippen LogP contribution is -2.37. The molecule has 2 nitrogen and oxygen atoms in total. The van der Waals surface area contributed by atoms with Crippen molar-refractivity contribution in [2.45, 2.75) is 26.3 Å². The Hall–Kier alpha value is -0.540. The van der Waals surface area contributed by atoms with Crippen molar-refractivity contribution in [3.05, 3.63) is 28.2 Å². The van der Waals surface area contributed by atoms with Crippen molar-refractivity contribution in [3.63, 3.8) is 0 Å². The van der Waals surface area contributed by atoms with Crippen molar-refractivity contribution < 1.29 is 0 Å². The second-order valence-electron chi connectivity index (χ2n) is 4.53. The van der Waals surface area contributed by atoms with E-state index in [1.54, 1.807) is 0 Å². The SMILES string of the molecule is Cc1cc(N2CCCNCC2C)ccc1Br. The van der Waals surface area contributed by atoms with E-state index in [1.807, 2.05) is 0 Å². The lowest BCUT2D eigenvalue weighted by molar-refractivity contribution is 0.630. The Labute approximate surface area is 106 Å². The fraction of sp³-hybridized carbons (Fsp3) is 0.538. The molecule has 0 radical (unpaired) electrons. The van der Waals surface area contributed by atoms with E-state index in [2.05, 4.69) is 58.2 Å². The number of benzene rings is 1. The van der Waals surface area contributed by atoms with Crippen LogP contribution in [0.2, 0.25) is 0 Å². The van der Waals surface area contributed by atoms with E-state index in [1.165, 1.54) is 22.1 Å². The number of anilines is 1. The fourth-order valence-corrected chi connectivity index (χ4v) is 2.45. The van der Waals surface area contributed by atoms with E-state index < -0.39 is 0 Å². The van der Waals surface area contributed by atoms with Crippen LogP contribution < -0.4 is 10.2 Å². The van der Waals surface area contributed by atoms with Gasteiger partial charge in [-0.05, 0) is 50.6 Å². The van der Waals surface area contributed by atoms with E-state index >= 15 is 0 Å². The van der Waals surface area contributed by atoms with Gasteiger partial charge in [-0.1, -0.05) is 15.9 Å². The molecule has 3 heteroatoms. The Bertz CT molecular complexity index is 365. The van der Waals surface area contributed by atoms with Gasteiger partial charge in [-0.15, -0.1) is 0 Å². The summed E-state index contributed by atoms with van der Waals surface area (Å²) in [5, 5.41) is 3.47.